The van der Waals surface area contributed by atoms with E-state index < -0.39 is 0 Å². The summed E-state index contributed by atoms with van der Waals surface area (Å²) < 4.78 is 0. The topological polar surface area (TPSA) is 12.0 Å². The molecule has 0 saturated heterocycles. The van der Waals surface area contributed by atoms with Crippen LogP contribution >= 0.6 is 0 Å². The van der Waals surface area contributed by atoms with Crippen LogP contribution in [0.15, 0.2) is 42.5 Å². The third-order valence-corrected chi connectivity index (χ3v) is 2.69. The van der Waals surface area contributed by atoms with Gasteiger partial charge in [-0.15, -0.1) is 0 Å². The van der Waals surface area contributed by atoms with Gasteiger partial charge in [0, 0.05) is 6.04 Å². The van der Waals surface area contributed by atoms with E-state index in [1.54, 1.807) is 0 Å². The van der Waals surface area contributed by atoms with Gasteiger partial charge >= 0.3 is 0 Å². The maximum Gasteiger partial charge on any atom is 0.0511 e. The molecule has 1 nitrogen and oxygen atoms in total. The monoisotopic (exact) mass is 187 g/mol. The molecule has 0 spiro atoms. The van der Waals surface area contributed by atoms with Crippen molar-refractivity contribution in [2.45, 2.75) is 31.8 Å². The van der Waals surface area contributed by atoms with E-state index in [0.717, 1.165) is 0 Å². The lowest BCUT2D eigenvalue weighted by molar-refractivity contribution is 0.545. The summed E-state index contributed by atoms with van der Waals surface area (Å²) in [6.07, 6.45) is 7.04. The first-order chi connectivity index (χ1) is 6.90. The van der Waals surface area contributed by atoms with Crippen LogP contribution in [0.1, 0.15) is 31.4 Å². The Hall–Kier alpha value is -1.08. The summed E-state index contributed by atoms with van der Waals surface area (Å²) in [5, 5.41) is 3.60. The van der Waals surface area contributed by atoms with Gasteiger partial charge in [0.05, 0.1) is 6.04 Å². The van der Waals surface area contributed by atoms with Gasteiger partial charge in [0.15, 0.2) is 0 Å². The molecule has 2 rings (SSSR count). The number of rotatable bonds is 3. The summed E-state index contributed by atoms with van der Waals surface area (Å²) >= 11 is 0. The Balaban J connectivity index is 2.00. The minimum atomic E-state index is 0.424. The summed E-state index contributed by atoms with van der Waals surface area (Å²) in [5.41, 5.74) is 1.36. The average Bonchev–Trinajstić information content (AvgIpc) is 2.68. The Bertz CT molecular complexity index is 302. The summed E-state index contributed by atoms with van der Waals surface area (Å²) in [4.78, 5) is 0. The van der Waals surface area contributed by atoms with Crippen LogP contribution in [-0.2, 0) is 0 Å². The Morgan fingerprint density at radius 3 is 2.64 bits per heavy atom. The Morgan fingerprint density at radius 1 is 1.14 bits per heavy atom. The second-order valence-electron chi connectivity index (χ2n) is 3.84. The van der Waals surface area contributed by atoms with Crippen molar-refractivity contribution in [2.24, 2.45) is 0 Å². The van der Waals surface area contributed by atoms with Gasteiger partial charge in [-0.25, -0.2) is 0 Å². The number of hydrogen-bond acceptors (Lipinski definition) is 1. The van der Waals surface area contributed by atoms with Crippen LogP contribution in [0.3, 0.4) is 0 Å². The van der Waals surface area contributed by atoms with Crippen molar-refractivity contribution in [3.8, 4) is 0 Å². The fourth-order valence-electron chi connectivity index (χ4n) is 1.95. The van der Waals surface area contributed by atoms with Crippen LogP contribution in [0, 0.1) is 0 Å². The van der Waals surface area contributed by atoms with Crippen LogP contribution in [0.4, 0.5) is 0 Å². The third-order valence-electron chi connectivity index (χ3n) is 2.69. The van der Waals surface area contributed by atoms with Crippen LogP contribution in [0.25, 0.3) is 0 Å². The van der Waals surface area contributed by atoms with E-state index in [0.29, 0.717) is 12.1 Å². The lowest BCUT2D eigenvalue weighted by Crippen LogP contribution is -2.24. The first-order valence-electron chi connectivity index (χ1n) is 5.39. The molecule has 0 radical (unpaired) electrons. The van der Waals surface area contributed by atoms with Crippen LogP contribution in [0.5, 0.6) is 0 Å². The Kier molecular flexibility index (Phi) is 3.00. The van der Waals surface area contributed by atoms with Crippen molar-refractivity contribution in [3.63, 3.8) is 0 Å². The normalized spacial score (nSPS) is 25.5. The van der Waals surface area contributed by atoms with E-state index >= 15 is 0 Å². The first kappa shape index (κ1) is 9.47. The molecular formula is C13H17N. The molecule has 1 heteroatoms. The highest BCUT2D eigenvalue weighted by Gasteiger charge is 2.17. The third kappa shape index (κ3) is 2.05. The summed E-state index contributed by atoms with van der Waals surface area (Å²) in [6, 6.07) is 11.6. The molecule has 0 amide bonds. The van der Waals surface area contributed by atoms with Crippen LogP contribution in [-0.4, -0.2) is 6.04 Å². The molecule has 1 aromatic carbocycles. The van der Waals surface area contributed by atoms with Gasteiger partial charge in [-0.1, -0.05) is 55.8 Å². The van der Waals surface area contributed by atoms with Gasteiger partial charge < -0.3 is 5.32 Å². The van der Waals surface area contributed by atoms with Gasteiger partial charge in [-0.3, -0.25) is 0 Å². The molecule has 0 fully saturated rings. The molecule has 0 bridgehead atoms. The number of benzene rings is 1. The molecule has 1 aromatic rings. The van der Waals surface area contributed by atoms with E-state index in [1.807, 2.05) is 0 Å². The second kappa shape index (κ2) is 4.43. The minimum Gasteiger partial charge on any atom is -0.300 e. The average molecular weight is 187 g/mol. The van der Waals surface area contributed by atoms with Crippen molar-refractivity contribution in [1.82, 2.24) is 5.32 Å². The van der Waals surface area contributed by atoms with Gasteiger partial charge in [-0.05, 0) is 12.0 Å². The first-order valence-corrected chi connectivity index (χ1v) is 5.39. The van der Waals surface area contributed by atoms with E-state index in [1.165, 1.54) is 18.4 Å². The zero-order valence-corrected chi connectivity index (χ0v) is 8.61. The zero-order valence-electron chi connectivity index (χ0n) is 8.61. The minimum absolute atomic E-state index is 0.424. The largest absolute Gasteiger partial charge is 0.300 e. The quantitative estimate of drug-likeness (QED) is 0.717. The van der Waals surface area contributed by atoms with Crippen LogP contribution in [0.2, 0.25) is 0 Å². The number of hydrogen-bond donors (Lipinski definition) is 1. The Morgan fingerprint density at radius 2 is 1.93 bits per heavy atom. The molecule has 1 heterocycles. The Labute approximate surface area is 85.8 Å². The summed E-state index contributed by atoms with van der Waals surface area (Å²) in [6.45, 7) is 2.23. The molecule has 0 saturated carbocycles. The van der Waals surface area contributed by atoms with E-state index in [9.17, 15) is 0 Å². The van der Waals surface area contributed by atoms with Crippen molar-refractivity contribution in [1.29, 1.82) is 0 Å². The van der Waals surface area contributed by atoms with E-state index in [4.69, 9.17) is 0 Å². The van der Waals surface area contributed by atoms with E-state index in [2.05, 4.69) is 54.7 Å². The molecule has 1 aliphatic heterocycles. The van der Waals surface area contributed by atoms with Crippen molar-refractivity contribution < 1.29 is 0 Å². The molecule has 0 unspecified atom stereocenters. The fourth-order valence-corrected chi connectivity index (χ4v) is 1.95. The standard InChI is InChI=1S/C13H17N/c1-2-6-12-9-10-13(14-12)11-7-4-3-5-8-11/h3-5,7-10,12-14H,2,6H2,1H3/t12-,13+/m1/s1. The maximum atomic E-state index is 3.60. The molecule has 1 aliphatic rings. The maximum absolute atomic E-state index is 3.60. The van der Waals surface area contributed by atoms with Crippen molar-refractivity contribution >= 4 is 0 Å². The van der Waals surface area contributed by atoms with Gasteiger partial charge in [0.2, 0.25) is 0 Å². The lowest BCUT2D eigenvalue weighted by atomic mass is 10.1. The highest BCUT2D eigenvalue weighted by Crippen LogP contribution is 2.21. The fraction of sp³-hybridized carbons (Fsp3) is 0.385. The molecule has 14 heavy (non-hydrogen) atoms. The molecule has 2 atom stereocenters. The molecular weight excluding hydrogens is 170 g/mol. The molecule has 0 aromatic heterocycles. The predicted octanol–water partition coefficient (Wildman–Crippen LogP) is 3.06. The summed E-state index contributed by atoms with van der Waals surface area (Å²) in [5.74, 6) is 0. The SMILES string of the molecule is CCC[C@@H]1C=C[C@@H](c2ccccc2)N1. The lowest BCUT2D eigenvalue weighted by Gasteiger charge is -2.14. The highest BCUT2D eigenvalue weighted by molar-refractivity contribution is 5.26. The molecule has 74 valence electrons. The van der Waals surface area contributed by atoms with Gasteiger partial charge in [0.25, 0.3) is 0 Å². The zero-order chi connectivity index (χ0) is 9.80. The van der Waals surface area contributed by atoms with Crippen molar-refractivity contribution in [3.05, 3.63) is 48.0 Å². The smallest absolute Gasteiger partial charge is 0.0511 e. The van der Waals surface area contributed by atoms with Crippen LogP contribution < -0.4 is 5.32 Å². The number of nitrogens with one attached hydrogen (secondary N) is 1. The van der Waals surface area contributed by atoms with Gasteiger partial charge in [0.1, 0.15) is 0 Å². The summed E-state index contributed by atoms with van der Waals surface area (Å²) in [7, 11) is 0. The van der Waals surface area contributed by atoms with Gasteiger partial charge in [-0.2, -0.15) is 0 Å². The molecule has 1 N–H and O–H groups in total. The predicted molar refractivity (Wildman–Crippen MR) is 60.2 cm³/mol. The van der Waals surface area contributed by atoms with Crippen molar-refractivity contribution in [2.75, 3.05) is 0 Å². The second-order valence-corrected chi connectivity index (χ2v) is 3.84. The van der Waals surface area contributed by atoms with E-state index in [-0.39, 0.29) is 0 Å². The highest BCUT2D eigenvalue weighted by atomic mass is 15.0. The molecule has 0 aliphatic carbocycles.